The molecule has 0 atom stereocenters. The Hall–Kier alpha value is -2.12. The lowest BCUT2D eigenvalue weighted by atomic mass is 10.1. The number of anilines is 1. The number of ether oxygens (including phenoxy) is 1. The number of nitrogens with zero attached hydrogens (tertiary/aromatic N) is 2. The average Bonchev–Trinajstić information content (AvgIpc) is 2.53. The van der Waals surface area contributed by atoms with Crippen LogP contribution in [-0.2, 0) is 9.53 Å². The number of urea groups is 1. The van der Waals surface area contributed by atoms with Gasteiger partial charge < -0.3 is 25.0 Å². The fourth-order valence-electron chi connectivity index (χ4n) is 2.73. The van der Waals surface area contributed by atoms with Crippen LogP contribution in [0.25, 0.3) is 0 Å². The summed E-state index contributed by atoms with van der Waals surface area (Å²) in [5, 5.41) is 11.3. The van der Waals surface area contributed by atoms with Crippen LogP contribution < -0.4 is 10.2 Å². The minimum atomic E-state index is -0.268. The van der Waals surface area contributed by atoms with Gasteiger partial charge >= 0.3 is 6.03 Å². The van der Waals surface area contributed by atoms with Gasteiger partial charge in [0.25, 0.3) is 0 Å². The van der Waals surface area contributed by atoms with Crippen molar-refractivity contribution in [3.63, 3.8) is 0 Å². The van der Waals surface area contributed by atoms with E-state index >= 15 is 0 Å². The van der Waals surface area contributed by atoms with E-state index in [1.165, 1.54) is 4.90 Å². The molecule has 0 saturated carbocycles. The summed E-state index contributed by atoms with van der Waals surface area (Å²) < 4.78 is 5.08. The van der Waals surface area contributed by atoms with E-state index in [9.17, 15) is 9.59 Å². The van der Waals surface area contributed by atoms with Crippen LogP contribution >= 0.6 is 0 Å². The van der Waals surface area contributed by atoms with E-state index in [2.05, 4.69) is 11.4 Å². The topological polar surface area (TPSA) is 82.1 Å². The maximum atomic E-state index is 12.4. The van der Waals surface area contributed by atoms with Gasteiger partial charge in [0, 0.05) is 25.3 Å². The van der Waals surface area contributed by atoms with Crippen molar-refractivity contribution in [2.45, 2.75) is 13.8 Å². The molecule has 132 valence electrons. The first-order chi connectivity index (χ1) is 11.5. The summed E-state index contributed by atoms with van der Waals surface area (Å²) in [5.41, 5.74) is 3.11. The van der Waals surface area contributed by atoms with Gasteiger partial charge in [-0.15, -0.1) is 0 Å². The Kier molecular flexibility index (Phi) is 6.57. The Morgan fingerprint density at radius 3 is 2.54 bits per heavy atom. The predicted octanol–water partition coefficient (Wildman–Crippen LogP) is 0.671. The lowest BCUT2D eigenvalue weighted by molar-refractivity contribution is -0.120. The molecule has 0 aliphatic carbocycles. The zero-order valence-electron chi connectivity index (χ0n) is 14.2. The number of nitrogens with one attached hydrogen (secondary N) is 1. The van der Waals surface area contributed by atoms with E-state index in [0.717, 1.165) is 16.8 Å². The summed E-state index contributed by atoms with van der Waals surface area (Å²) in [6, 6.07) is 5.77. The molecule has 0 spiro atoms. The van der Waals surface area contributed by atoms with Crippen molar-refractivity contribution >= 4 is 17.6 Å². The number of aryl methyl sites for hydroxylation is 2. The van der Waals surface area contributed by atoms with Gasteiger partial charge in [-0.05, 0) is 37.1 Å². The lowest BCUT2D eigenvalue weighted by Crippen LogP contribution is -2.55. The summed E-state index contributed by atoms with van der Waals surface area (Å²) in [7, 11) is 0. The van der Waals surface area contributed by atoms with Crippen molar-refractivity contribution in [1.82, 2.24) is 10.2 Å². The van der Waals surface area contributed by atoms with Crippen LogP contribution in [0.2, 0.25) is 0 Å². The van der Waals surface area contributed by atoms with Crippen molar-refractivity contribution in [2.75, 3.05) is 50.9 Å². The number of aliphatic hydroxyl groups excluding tert-OH is 1. The molecule has 7 nitrogen and oxygen atoms in total. The SMILES string of the molecule is Cc1cc(C)cc(N2CCN(C(=O)NCCOCCO)CC2=O)c1. The van der Waals surface area contributed by atoms with Gasteiger partial charge in [0.15, 0.2) is 0 Å². The highest BCUT2D eigenvalue weighted by atomic mass is 16.5. The molecule has 24 heavy (non-hydrogen) atoms. The molecule has 0 unspecified atom stereocenters. The molecule has 0 bridgehead atoms. The molecule has 2 N–H and O–H groups in total. The molecule has 1 aromatic rings. The summed E-state index contributed by atoms with van der Waals surface area (Å²) in [4.78, 5) is 27.7. The number of piperazine rings is 1. The first kappa shape index (κ1) is 18.2. The molecule has 1 aliphatic rings. The quantitative estimate of drug-likeness (QED) is 0.749. The molecular weight excluding hydrogens is 310 g/mol. The minimum absolute atomic E-state index is 0.0388. The third kappa shape index (κ3) is 4.94. The fourth-order valence-corrected chi connectivity index (χ4v) is 2.73. The lowest BCUT2D eigenvalue weighted by Gasteiger charge is -2.34. The van der Waals surface area contributed by atoms with Crippen LogP contribution in [0.1, 0.15) is 11.1 Å². The van der Waals surface area contributed by atoms with Crippen molar-refractivity contribution in [3.8, 4) is 0 Å². The Morgan fingerprint density at radius 1 is 1.21 bits per heavy atom. The average molecular weight is 335 g/mol. The molecule has 1 aliphatic heterocycles. The van der Waals surface area contributed by atoms with Gasteiger partial charge in [-0.2, -0.15) is 0 Å². The normalized spacial score (nSPS) is 14.9. The zero-order valence-corrected chi connectivity index (χ0v) is 14.2. The fraction of sp³-hybridized carbons (Fsp3) is 0.529. The highest BCUT2D eigenvalue weighted by Crippen LogP contribution is 2.21. The first-order valence-electron chi connectivity index (χ1n) is 8.11. The van der Waals surface area contributed by atoms with Gasteiger partial charge in [-0.1, -0.05) is 6.07 Å². The van der Waals surface area contributed by atoms with Crippen LogP contribution in [0, 0.1) is 13.8 Å². The Labute approximate surface area is 142 Å². The van der Waals surface area contributed by atoms with E-state index in [0.29, 0.717) is 26.2 Å². The van der Waals surface area contributed by atoms with Crippen LogP contribution in [0.15, 0.2) is 18.2 Å². The first-order valence-corrected chi connectivity index (χ1v) is 8.11. The highest BCUT2D eigenvalue weighted by Gasteiger charge is 2.28. The largest absolute Gasteiger partial charge is 0.394 e. The third-order valence-electron chi connectivity index (χ3n) is 3.78. The summed E-state index contributed by atoms with van der Waals surface area (Å²) >= 11 is 0. The van der Waals surface area contributed by atoms with E-state index in [-0.39, 0.29) is 31.7 Å². The number of rotatable bonds is 6. The van der Waals surface area contributed by atoms with Gasteiger partial charge in [0.1, 0.15) is 6.54 Å². The van der Waals surface area contributed by atoms with Crippen molar-refractivity contribution < 1.29 is 19.4 Å². The monoisotopic (exact) mass is 335 g/mol. The van der Waals surface area contributed by atoms with E-state index < -0.39 is 0 Å². The molecule has 1 heterocycles. The standard InChI is InChI=1S/C17H25N3O4/c1-13-9-14(2)11-15(10-13)20-5-4-19(12-16(20)22)17(23)18-3-7-24-8-6-21/h9-11,21H,3-8,12H2,1-2H3,(H,18,23). The van der Waals surface area contributed by atoms with E-state index in [1.54, 1.807) is 4.90 Å². The second kappa shape index (κ2) is 8.65. The molecule has 1 saturated heterocycles. The second-order valence-electron chi connectivity index (χ2n) is 5.88. The summed E-state index contributed by atoms with van der Waals surface area (Å²) in [6.45, 7) is 5.94. The zero-order chi connectivity index (χ0) is 17.5. The van der Waals surface area contributed by atoms with Crippen molar-refractivity contribution in [1.29, 1.82) is 0 Å². The smallest absolute Gasteiger partial charge is 0.318 e. The second-order valence-corrected chi connectivity index (χ2v) is 5.88. The van der Waals surface area contributed by atoms with E-state index in [4.69, 9.17) is 9.84 Å². The van der Waals surface area contributed by atoms with Crippen molar-refractivity contribution in [2.24, 2.45) is 0 Å². The molecule has 0 radical (unpaired) electrons. The molecule has 0 aromatic heterocycles. The van der Waals surface area contributed by atoms with E-state index in [1.807, 2.05) is 26.0 Å². The minimum Gasteiger partial charge on any atom is -0.394 e. The maximum absolute atomic E-state index is 12.4. The highest BCUT2D eigenvalue weighted by molar-refractivity contribution is 5.97. The van der Waals surface area contributed by atoms with Crippen LogP contribution in [0.3, 0.4) is 0 Å². The number of hydrogen-bond donors (Lipinski definition) is 2. The number of aliphatic hydroxyl groups is 1. The summed E-state index contributed by atoms with van der Waals surface area (Å²) in [5.74, 6) is -0.0852. The van der Waals surface area contributed by atoms with Crippen molar-refractivity contribution in [3.05, 3.63) is 29.3 Å². The van der Waals surface area contributed by atoms with Crippen LogP contribution in [-0.4, -0.2) is 67.9 Å². The molecular formula is C17H25N3O4. The van der Waals surface area contributed by atoms with Crippen LogP contribution in [0.5, 0.6) is 0 Å². The number of hydrogen-bond acceptors (Lipinski definition) is 4. The van der Waals surface area contributed by atoms with Crippen LogP contribution in [0.4, 0.5) is 10.5 Å². The number of benzene rings is 1. The number of carbonyl (C=O) groups excluding carboxylic acids is 2. The van der Waals surface area contributed by atoms with Gasteiger partial charge in [-0.25, -0.2) is 4.79 Å². The molecule has 1 fully saturated rings. The Morgan fingerprint density at radius 2 is 1.92 bits per heavy atom. The molecule has 1 aromatic carbocycles. The predicted molar refractivity (Wildman–Crippen MR) is 91.1 cm³/mol. The number of carbonyl (C=O) groups is 2. The number of amides is 3. The molecule has 3 amide bonds. The summed E-state index contributed by atoms with van der Waals surface area (Å²) in [6.07, 6.45) is 0. The molecule has 7 heteroatoms. The van der Waals surface area contributed by atoms with Gasteiger partial charge in [-0.3, -0.25) is 4.79 Å². The van der Waals surface area contributed by atoms with Gasteiger partial charge in [0.05, 0.1) is 19.8 Å². The van der Waals surface area contributed by atoms with Gasteiger partial charge in [0.2, 0.25) is 5.91 Å². The maximum Gasteiger partial charge on any atom is 0.318 e. The molecule has 2 rings (SSSR count). The Bertz CT molecular complexity index is 571. The Balaban J connectivity index is 1.86. The third-order valence-corrected chi connectivity index (χ3v) is 3.78.